The average Bonchev–Trinajstić information content (AvgIpc) is 2.58. The highest BCUT2D eigenvalue weighted by Gasteiger charge is 2.14. The molecule has 1 unspecified atom stereocenters. The van der Waals surface area contributed by atoms with E-state index < -0.39 is 12.1 Å². The quantitative estimate of drug-likeness (QED) is 0.361. The highest BCUT2D eigenvalue weighted by molar-refractivity contribution is 14.2. The molecule has 0 aliphatic heterocycles. The van der Waals surface area contributed by atoms with Crippen LogP contribution in [-0.2, 0) is 8.92 Å². The van der Waals surface area contributed by atoms with E-state index in [1.807, 2.05) is 21.2 Å². The predicted molar refractivity (Wildman–Crippen MR) is 97.5 cm³/mol. The molecule has 130 valence electrons. The number of hydrogen-bond acceptors (Lipinski definition) is 8. The van der Waals surface area contributed by atoms with Gasteiger partial charge in [-0.1, -0.05) is 0 Å². The molecule has 1 atom stereocenters. The summed E-state index contributed by atoms with van der Waals surface area (Å²) in [4.78, 5) is 23.8. The van der Waals surface area contributed by atoms with Gasteiger partial charge in [-0.2, -0.15) is 0 Å². The van der Waals surface area contributed by atoms with Crippen LogP contribution < -0.4 is 10.2 Å². The maximum atomic E-state index is 12.1. The molecule has 2 aromatic rings. The highest BCUT2D eigenvalue weighted by atomic mass is 127. The molecule has 0 fully saturated rings. The van der Waals surface area contributed by atoms with E-state index >= 15 is 0 Å². The van der Waals surface area contributed by atoms with Gasteiger partial charge in [0.2, 0.25) is 5.76 Å². The second-order valence-electron chi connectivity index (χ2n) is 4.67. The van der Waals surface area contributed by atoms with E-state index in [1.54, 1.807) is 13.0 Å². The van der Waals surface area contributed by atoms with Crippen molar-refractivity contribution in [1.29, 1.82) is 0 Å². The lowest BCUT2D eigenvalue weighted by Crippen LogP contribution is -2.22. The Morgan fingerprint density at radius 1 is 1.38 bits per heavy atom. The van der Waals surface area contributed by atoms with Crippen LogP contribution in [0.25, 0.3) is 11.0 Å². The van der Waals surface area contributed by atoms with E-state index in [1.165, 1.54) is 12.1 Å². The average molecular weight is 466 g/mol. The van der Waals surface area contributed by atoms with Crippen LogP contribution in [0.4, 0.5) is 0 Å². The summed E-state index contributed by atoms with van der Waals surface area (Å²) >= 11 is 1.95. The van der Waals surface area contributed by atoms with E-state index in [-0.39, 0.29) is 42.0 Å². The fraction of sp³-hybridized carbons (Fsp3) is 0.333. The molecule has 0 saturated heterocycles. The summed E-state index contributed by atoms with van der Waals surface area (Å²) in [5, 5.41) is 9.93. The number of benzene rings is 1. The number of halogens is 1. The van der Waals surface area contributed by atoms with Gasteiger partial charge < -0.3 is 23.2 Å². The summed E-state index contributed by atoms with van der Waals surface area (Å²) in [7, 11) is 1.13. The van der Waals surface area contributed by atoms with E-state index in [0.717, 1.165) is 15.3 Å². The van der Waals surface area contributed by atoms with Crippen LogP contribution in [0.15, 0.2) is 33.5 Å². The van der Waals surface area contributed by atoms with Crippen molar-refractivity contribution in [2.24, 2.45) is 0 Å². The maximum Gasteiger partial charge on any atom is 0.374 e. The summed E-state index contributed by atoms with van der Waals surface area (Å²) < 4.78 is 20.6. The smallest absolute Gasteiger partial charge is 0.374 e. The van der Waals surface area contributed by atoms with E-state index in [9.17, 15) is 14.7 Å². The lowest BCUT2D eigenvalue weighted by molar-refractivity contribution is 0.0490. The maximum absolute atomic E-state index is 12.1. The minimum atomic E-state index is -0.787. The molecule has 1 aromatic carbocycles. The monoisotopic (exact) mass is 466 g/mol. The first kappa shape index (κ1) is 19.0. The number of carbonyl (C=O) groups is 1. The summed E-state index contributed by atoms with van der Waals surface area (Å²) in [6, 6.07) is 5.69. The van der Waals surface area contributed by atoms with Crippen molar-refractivity contribution in [3.8, 4) is 5.75 Å². The van der Waals surface area contributed by atoms with Crippen molar-refractivity contribution < 1.29 is 28.0 Å². The van der Waals surface area contributed by atoms with Crippen LogP contribution in [0.5, 0.6) is 5.75 Å². The molecule has 1 N–H and O–H groups in total. The van der Waals surface area contributed by atoms with Crippen LogP contribution in [0, 0.1) is 0 Å². The third-order valence-electron chi connectivity index (χ3n) is 2.92. The summed E-state index contributed by atoms with van der Waals surface area (Å²) in [6.45, 7) is 2.01. The number of esters is 1. The Balaban J connectivity index is 2.16. The largest absolute Gasteiger partial charge is 0.491 e. The number of ether oxygens (including phenoxy) is 2. The van der Waals surface area contributed by atoms with Crippen LogP contribution >= 0.6 is 30.4 Å². The molecular formula is C15H15IO7S. The standard InChI is InChI=1S/C15H15IO7S/c1-2-20-15(19)14-6-12(18)11-5-10(3-4-13(11)23-14)21-7-9(17)8-22-24-16/h3-6,9,17H,2,7-8H2,1H3. The van der Waals surface area contributed by atoms with Crippen LogP contribution in [0.1, 0.15) is 17.5 Å². The first-order valence-corrected chi connectivity index (χ1v) is 10.3. The Kier molecular flexibility index (Phi) is 7.34. The van der Waals surface area contributed by atoms with Crippen LogP contribution in [0.3, 0.4) is 0 Å². The number of carbonyl (C=O) groups excluding carboxylic acids is 1. The summed E-state index contributed by atoms with van der Waals surface area (Å²) in [5.41, 5.74) is -0.127. The lowest BCUT2D eigenvalue weighted by Gasteiger charge is -2.11. The van der Waals surface area contributed by atoms with Gasteiger partial charge in [-0.15, -0.1) is 0 Å². The first-order chi connectivity index (χ1) is 11.5. The molecule has 0 bridgehead atoms. The second-order valence-corrected chi connectivity index (χ2v) is 6.11. The van der Waals surface area contributed by atoms with Gasteiger partial charge in [-0.05, 0) is 25.1 Å². The molecule has 24 heavy (non-hydrogen) atoms. The molecular weight excluding hydrogens is 451 g/mol. The Morgan fingerprint density at radius 2 is 2.17 bits per heavy atom. The highest BCUT2D eigenvalue weighted by Crippen LogP contribution is 2.20. The Hall–Kier alpha value is -1.30. The normalized spacial score (nSPS) is 12.1. The Labute approximate surface area is 154 Å². The predicted octanol–water partition coefficient (Wildman–Crippen LogP) is 2.72. The number of aliphatic hydroxyl groups is 1. The summed E-state index contributed by atoms with van der Waals surface area (Å²) in [6.07, 6.45) is -0.787. The van der Waals surface area contributed by atoms with Crippen molar-refractivity contribution in [1.82, 2.24) is 0 Å². The number of aliphatic hydroxyl groups excluding tert-OH is 1. The molecule has 0 aliphatic rings. The van der Waals surface area contributed by atoms with Gasteiger partial charge in [0.05, 0.1) is 27.8 Å². The van der Waals surface area contributed by atoms with E-state index in [2.05, 4.69) is 0 Å². The van der Waals surface area contributed by atoms with Crippen molar-refractivity contribution in [3.05, 3.63) is 40.2 Å². The molecule has 0 spiro atoms. The molecule has 0 amide bonds. The third kappa shape index (κ3) is 5.10. The first-order valence-electron chi connectivity index (χ1n) is 7.01. The minimum absolute atomic E-state index is 0.0228. The zero-order valence-corrected chi connectivity index (χ0v) is 15.7. The van der Waals surface area contributed by atoms with Crippen molar-refractivity contribution in [3.63, 3.8) is 0 Å². The van der Waals surface area contributed by atoms with Gasteiger partial charge in [0.25, 0.3) is 0 Å². The number of fused-ring (bicyclic) bond motifs is 1. The summed E-state index contributed by atoms with van der Waals surface area (Å²) in [5.74, 6) is -0.431. The third-order valence-corrected chi connectivity index (χ3v) is 3.91. The molecule has 1 aromatic heterocycles. The zero-order chi connectivity index (χ0) is 17.5. The van der Waals surface area contributed by atoms with E-state index in [0.29, 0.717) is 5.75 Å². The molecule has 1 heterocycles. The van der Waals surface area contributed by atoms with Gasteiger partial charge in [0, 0.05) is 27.3 Å². The lowest BCUT2D eigenvalue weighted by atomic mass is 10.2. The van der Waals surface area contributed by atoms with Gasteiger partial charge in [-0.25, -0.2) is 4.79 Å². The number of hydrogen-bond donors (Lipinski definition) is 1. The molecule has 2 rings (SSSR count). The van der Waals surface area contributed by atoms with Crippen molar-refractivity contribution in [2.75, 3.05) is 19.8 Å². The van der Waals surface area contributed by atoms with E-state index in [4.69, 9.17) is 18.1 Å². The molecule has 9 heteroatoms. The SMILES string of the molecule is CCOC(=O)c1cc(=O)c2cc(OCC(O)COSI)ccc2o1. The van der Waals surface area contributed by atoms with Gasteiger partial charge >= 0.3 is 5.97 Å². The molecule has 7 nitrogen and oxygen atoms in total. The number of rotatable bonds is 8. The van der Waals surface area contributed by atoms with Crippen LogP contribution in [-0.4, -0.2) is 37.0 Å². The fourth-order valence-corrected chi connectivity index (χ4v) is 2.52. The topological polar surface area (TPSA) is 95.2 Å². The zero-order valence-electron chi connectivity index (χ0n) is 12.7. The molecule has 0 aliphatic carbocycles. The van der Waals surface area contributed by atoms with Gasteiger partial charge in [-0.3, -0.25) is 4.79 Å². The Morgan fingerprint density at radius 3 is 2.88 bits per heavy atom. The second kappa shape index (κ2) is 9.25. The Bertz CT molecular complexity index is 761. The van der Waals surface area contributed by atoms with Gasteiger partial charge in [0.15, 0.2) is 5.43 Å². The van der Waals surface area contributed by atoms with Crippen molar-refractivity contribution in [2.45, 2.75) is 13.0 Å². The van der Waals surface area contributed by atoms with Crippen LogP contribution in [0.2, 0.25) is 0 Å². The fourth-order valence-electron chi connectivity index (χ4n) is 1.87. The van der Waals surface area contributed by atoms with Gasteiger partial charge in [0.1, 0.15) is 24.0 Å². The molecule has 0 saturated carbocycles. The molecule has 0 radical (unpaired) electrons. The van der Waals surface area contributed by atoms with Crippen molar-refractivity contribution >= 4 is 47.4 Å². The minimum Gasteiger partial charge on any atom is -0.491 e.